The van der Waals surface area contributed by atoms with Crippen LogP contribution in [0.2, 0.25) is 0 Å². The topological polar surface area (TPSA) is 87.9 Å². The number of nitrogens with one attached hydrogen (secondary N) is 1. The number of carbonyl (C=O) groups excluding carboxylic acids is 2. The van der Waals surface area contributed by atoms with Gasteiger partial charge in [-0.2, -0.15) is 0 Å². The minimum Gasteiger partial charge on any atom is -0.495 e. The number of amides is 2. The monoisotopic (exact) mass is 454 g/mol. The molecule has 4 aliphatic carbocycles. The van der Waals surface area contributed by atoms with Crippen LogP contribution in [0.4, 0.5) is 5.69 Å². The van der Waals surface area contributed by atoms with Gasteiger partial charge in [-0.05, 0) is 75.8 Å². The fourth-order valence-electron chi connectivity index (χ4n) is 7.43. The van der Waals surface area contributed by atoms with Crippen LogP contribution in [0.1, 0.15) is 46.0 Å². The summed E-state index contributed by atoms with van der Waals surface area (Å²) in [6.07, 6.45) is 4.89. The van der Waals surface area contributed by atoms with Crippen LogP contribution in [0.3, 0.4) is 0 Å². The molecule has 5 fully saturated rings. The number of methoxy groups -OCH3 is 1. The maximum absolute atomic E-state index is 13.5. The molecule has 2 unspecified atom stereocenters. The van der Waals surface area contributed by atoms with Gasteiger partial charge in [0.15, 0.2) is 0 Å². The first-order valence-corrected chi connectivity index (χ1v) is 12.5. The summed E-state index contributed by atoms with van der Waals surface area (Å²) >= 11 is 0. The number of hydrogen-bond acceptors (Lipinski definition) is 5. The van der Waals surface area contributed by atoms with E-state index in [-0.39, 0.29) is 23.3 Å². The van der Waals surface area contributed by atoms with E-state index in [1.165, 1.54) is 0 Å². The van der Waals surface area contributed by atoms with Gasteiger partial charge in [0, 0.05) is 37.6 Å². The molecule has 0 aromatic heterocycles. The third-order valence-corrected chi connectivity index (χ3v) is 9.15. The Labute approximate surface area is 197 Å². The first kappa shape index (κ1) is 22.5. The van der Waals surface area contributed by atoms with Crippen molar-refractivity contribution in [2.75, 3.05) is 38.2 Å². The van der Waals surface area contributed by atoms with E-state index in [9.17, 15) is 9.59 Å². The lowest BCUT2D eigenvalue weighted by Gasteiger charge is -2.59. The molecule has 7 nitrogen and oxygen atoms in total. The SMILES string of the molecule is COc1ccccc1N1CCN(C(C)(C)C(=O)NC2C3CC4CC2CC(C(N)=O)(C4)C3)CC1. The van der Waals surface area contributed by atoms with Crippen LogP contribution >= 0.6 is 0 Å². The summed E-state index contributed by atoms with van der Waals surface area (Å²) in [7, 11) is 1.71. The average Bonchev–Trinajstić information content (AvgIpc) is 2.80. The highest BCUT2D eigenvalue weighted by molar-refractivity contribution is 5.86. The zero-order valence-electron chi connectivity index (χ0n) is 20.2. The number of anilines is 1. The van der Waals surface area contributed by atoms with Crippen LogP contribution in [0.5, 0.6) is 5.75 Å². The zero-order chi connectivity index (χ0) is 23.4. The standard InChI is InChI=1S/C26H38N4O3/c1-25(2,30-10-8-29(9-11-30)20-6-4-5-7-21(20)33-3)24(32)28-22-18-12-17-13-19(22)16-26(14-17,15-18)23(27)31/h4-7,17-19,22H,8-16H2,1-3H3,(H2,27,31)(H,28,32). The molecule has 0 radical (unpaired) electrons. The molecule has 3 N–H and O–H groups in total. The van der Waals surface area contributed by atoms with Gasteiger partial charge in [-0.1, -0.05) is 12.1 Å². The van der Waals surface area contributed by atoms with Crippen molar-refractivity contribution in [3.8, 4) is 5.75 Å². The highest BCUT2D eigenvalue weighted by atomic mass is 16.5. The van der Waals surface area contributed by atoms with E-state index in [0.717, 1.165) is 69.7 Å². The number of nitrogens with two attached hydrogens (primary N) is 1. The molecular formula is C26H38N4O3. The van der Waals surface area contributed by atoms with E-state index in [1.807, 2.05) is 32.0 Å². The van der Waals surface area contributed by atoms with Crippen LogP contribution in [0.25, 0.3) is 0 Å². The van der Waals surface area contributed by atoms with E-state index < -0.39 is 5.54 Å². The maximum Gasteiger partial charge on any atom is 0.240 e. The van der Waals surface area contributed by atoms with Crippen LogP contribution in [0.15, 0.2) is 24.3 Å². The number of nitrogens with zero attached hydrogens (tertiary/aromatic N) is 2. The minimum atomic E-state index is -0.580. The summed E-state index contributed by atoms with van der Waals surface area (Å²) in [6.45, 7) is 7.44. The number of benzene rings is 1. The smallest absolute Gasteiger partial charge is 0.240 e. The fraction of sp³-hybridized carbons (Fsp3) is 0.692. The van der Waals surface area contributed by atoms with Gasteiger partial charge in [0.1, 0.15) is 5.75 Å². The molecule has 33 heavy (non-hydrogen) atoms. The Balaban J connectivity index is 1.22. The van der Waals surface area contributed by atoms with Gasteiger partial charge in [0.2, 0.25) is 11.8 Å². The molecule has 1 aromatic rings. The molecule has 0 spiro atoms. The van der Waals surface area contributed by atoms with E-state index in [0.29, 0.717) is 17.8 Å². The molecule has 180 valence electrons. The second-order valence-corrected chi connectivity index (χ2v) is 11.3. The van der Waals surface area contributed by atoms with Crippen molar-refractivity contribution in [2.24, 2.45) is 28.9 Å². The summed E-state index contributed by atoms with van der Waals surface area (Å²) in [5.74, 6) is 2.23. The molecule has 4 saturated carbocycles. The number of carbonyl (C=O) groups is 2. The molecule has 2 atom stereocenters. The number of piperazine rings is 1. The molecule has 7 heteroatoms. The summed E-state index contributed by atoms with van der Waals surface area (Å²) in [5, 5.41) is 3.45. The Morgan fingerprint density at radius 2 is 1.70 bits per heavy atom. The van der Waals surface area contributed by atoms with Gasteiger partial charge < -0.3 is 20.7 Å². The lowest BCUT2D eigenvalue weighted by atomic mass is 9.47. The lowest BCUT2D eigenvalue weighted by Crippen LogP contribution is -2.66. The maximum atomic E-state index is 13.5. The van der Waals surface area contributed by atoms with Crippen molar-refractivity contribution in [1.82, 2.24) is 10.2 Å². The predicted molar refractivity (Wildman–Crippen MR) is 128 cm³/mol. The minimum absolute atomic E-state index is 0.110. The van der Waals surface area contributed by atoms with Crippen molar-refractivity contribution in [2.45, 2.75) is 57.5 Å². The molecule has 6 rings (SSSR count). The number of rotatable bonds is 6. The summed E-state index contributed by atoms with van der Waals surface area (Å²) in [5.41, 5.74) is 6.04. The third-order valence-electron chi connectivity index (χ3n) is 9.15. The van der Waals surface area contributed by atoms with Gasteiger partial charge in [-0.25, -0.2) is 0 Å². The third kappa shape index (κ3) is 3.78. The molecule has 5 aliphatic rings. The Morgan fingerprint density at radius 3 is 2.30 bits per heavy atom. The van der Waals surface area contributed by atoms with Gasteiger partial charge in [-0.3, -0.25) is 14.5 Å². The Kier molecular flexibility index (Phi) is 5.58. The van der Waals surface area contributed by atoms with Crippen molar-refractivity contribution >= 4 is 17.5 Å². The van der Waals surface area contributed by atoms with Crippen molar-refractivity contribution in [3.05, 3.63) is 24.3 Å². The fourth-order valence-corrected chi connectivity index (χ4v) is 7.43. The van der Waals surface area contributed by atoms with Crippen LogP contribution in [0, 0.1) is 23.2 Å². The molecule has 1 aliphatic heterocycles. The highest BCUT2D eigenvalue weighted by Gasteiger charge is 2.58. The second kappa shape index (κ2) is 8.19. The number of primary amides is 1. The molecule has 4 bridgehead atoms. The van der Waals surface area contributed by atoms with Crippen molar-refractivity contribution in [1.29, 1.82) is 0 Å². The van der Waals surface area contributed by atoms with Crippen LogP contribution in [-0.4, -0.2) is 61.6 Å². The molecule has 1 saturated heterocycles. The highest BCUT2D eigenvalue weighted by Crippen LogP contribution is 2.60. The number of para-hydroxylation sites is 2. The summed E-state index contributed by atoms with van der Waals surface area (Å²) in [6, 6.07) is 8.29. The number of hydrogen-bond donors (Lipinski definition) is 2. The van der Waals surface area contributed by atoms with Crippen LogP contribution in [-0.2, 0) is 9.59 Å². The molecule has 1 heterocycles. The Hall–Kier alpha value is -2.28. The first-order valence-electron chi connectivity index (χ1n) is 12.5. The summed E-state index contributed by atoms with van der Waals surface area (Å²) < 4.78 is 5.54. The van der Waals surface area contributed by atoms with E-state index >= 15 is 0 Å². The quantitative estimate of drug-likeness (QED) is 0.689. The van der Waals surface area contributed by atoms with Crippen molar-refractivity contribution in [3.63, 3.8) is 0 Å². The first-order chi connectivity index (χ1) is 15.7. The van der Waals surface area contributed by atoms with E-state index in [2.05, 4.69) is 21.2 Å². The molecule has 2 amide bonds. The van der Waals surface area contributed by atoms with Crippen molar-refractivity contribution < 1.29 is 14.3 Å². The second-order valence-electron chi connectivity index (χ2n) is 11.3. The molecular weight excluding hydrogens is 416 g/mol. The van der Waals surface area contributed by atoms with E-state index in [1.54, 1.807) is 7.11 Å². The Morgan fingerprint density at radius 1 is 1.06 bits per heavy atom. The zero-order valence-corrected chi connectivity index (χ0v) is 20.2. The van der Waals surface area contributed by atoms with Gasteiger partial charge >= 0.3 is 0 Å². The predicted octanol–water partition coefficient (Wildman–Crippen LogP) is 2.39. The summed E-state index contributed by atoms with van der Waals surface area (Å²) in [4.78, 5) is 30.4. The normalized spacial score (nSPS) is 33.7. The van der Waals surface area contributed by atoms with Crippen LogP contribution < -0.4 is 20.7 Å². The number of ether oxygens (including phenoxy) is 1. The molecule has 1 aromatic carbocycles. The van der Waals surface area contributed by atoms with E-state index in [4.69, 9.17) is 10.5 Å². The Bertz CT molecular complexity index is 908. The van der Waals surface area contributed by atoms with Gasteiger partial charge in [-0.15, -0.1) is 0 Å². The average molecular weight is 455 g/mol. The largest absolute Gasteiger partial charge is 0.495 e. The lowest BCUT2D eigenvalue weighted by molar-refractivity contribution is -0.149. The van der Waals surface area contributed by atoms with Gasteiger partial charge in [0.25, 0.3) is 0 Å². The van der Waals surface area contributed by atoms with Gasteiger partial charge in [0.05, 0.1) is 18.3 Å².